The average Bonchev–Trinajstić information content (AvgIpc) is 2.39. The molecule has 2 aromatic carbocycles. The predicted octanol–water partition coefficient (Wildman–Crippen LogP) is 4.13. The molecule has 2 aromatic rings. The van der Waals surface area contributed by atoms with Crippen LogP contribution in [0.15, 0.2) is 58.3 Å². The van der Waals surface area contributed by atoms with Crippen molar-refractivity contribution in [3.63, 3.8) is 0 Å². The Morgan fingerprint density at radius 3 is 2.32 bits per heavy atom. The van der Waals surface area contributed by atoms with Crippen molar-refractivity contribution in [1.82, 2.24) is 0 Å². The number of nitro groups is 1. The third-order valence-electron chi connectivity index (χ3n) is 2.37. The van der Waals surface area contributed by atoms with E-state index in [0.717, 1.165) is 9.79 Å². The van der Waals surface area contributed by atoms with E-state index < -0.39 is 10.2 Å². The molecule has 0 bridgehead atoms. The molecular weight excluding hydrogens is 286 g/mol. The zero-order valence-corrected chi connectivity index (χ0v) is 11.1. The highest BCUT2D eigenvalue weighted by Crippen LogP contribution is 2.32. The molecule has 96 valence electrons. The smallest absolute Gasteiger partial charge is 0.269 e. The van der Waals surface area contributed by atoms with Crippen molar-refractivity contribution in [2.24, 2.45) is 0 Å². The molecule has 0 unspecified atom stereocenters. The lowest BCUT2D eigenvalue weighted by Gasteiger charge is -2.05. The largest absolute Gasteiger partial charge is 0.276 e. The van der Waals surface area contributed by atoms with Crippen molar-refractivity contribution >= 4 is 34.3 Å². The standard InChI is InChI=1S/C13H8ClNO3S/c14-13(16)11-3-1-2-4-12(11)19-10-7-5-9(6-8-10)15(17)18/h1-8H. The second-order valence-corrected chi connectivity index (χ2v) is 5.08. The topological polar surface area (TPSA) is 60.2 Å². The van der Waals surface area contributed by atoms with Crippen molar-refractivity contribution in [1.29, 1.82) is 0 Å². The Morgan fingerprint density at radius 2 is 1.74 bits per heavy atom. The molecule has 19 heavy (non-hydrogen) atoms. The van der Waals surface area contributed by atoms with Crippen LogP contribution in [0.1, 0.15) is 10.4 Å². The summed E-state index contributed by atoms with van der Waals surface area (Å²) in [5.74, 6) is 0. The van der Waals surface area contributed by atoms with Crippen LogP contribution in [-0.2, 0) is 0 Å². The van der Waals surface area contributed by atoms with Gasteiger partial charge in [0.05, 0.1) is 4.92 Å². The van der Waals surface area contributed by atoms with E-state index in [1.54, 1.807) is 36.4 Å². The molecule has 0 aromatic heterocycles. The molecule has 0 N–H and O–H groups in total. The quantitative estimate of drug-likeness (QED) is 0.483. The van der Waals surface area contributed by atoms with Crippen LogP contribution in [0.25, 0.3) is 0 Å². The SMILES string of the molecule is O=C(Cl)c1ccccc1Sc1ccc([N+](=O)[O-])cc1. The van der Waals surface area contributed by atoms with E-state index in [1.807, 2.05) is 0 Å². The molecule has 0 saturated carbocycles. The summed E-state index contributed by atoms with van der Waals surface area (Å²) in [6.45, 7) is 0. The van der Waals surface area contributed by atoms with Gasteiger partial charge < -0.3 is 0 Å². The number of non-ortho nitro benzene ring substituents is 1. The lowest BCUT2D eigenvalue weighted by Crippen LogP contribution is -1.91. The zero-order valence-electron chi connectivity index (χ0n) is 9.58. The molecule has 0 atom stereocenters. The number of benzene rings is 2. The average molecular weight is 294 g/mol. The number of carbonyl (C=O) groups excluding carboxylic acids is 1. The molecule has 0 aliphatic rings. The van der Waals surface area contributed by atoms with Crippen molar-refractivity contribution in [3.8, 4) is 0 Å². The van der Waals surface area contributed by atoms with E-state index >= 15 is 0 Å². The minimum atomic E-state index is -0.523. The molecule has 0 saturated heterocycles. The van der Waals surface area contributed by atoms with Crippen molar-refractivity contribution in [2.45, 2.75) is 9.79 Å². The van der Waals surface area contributed by atoms with Crippen LogP contribution in [0.4, 0.5) is 5.69 Å². The summed E-state index contributed by atoms with van der Waals surface area (Å²) >= 11 is 6.83. The Kier molecular flexibility index (Phi) is 4.19. The summed E-state index contributed by atoms with van der Waals surface area (Å²) in [5.41, 5.74) is 0.457. The molecule has 0 spiro atoms. The van der Waals surface area contributed by atoms with E-state index in [0.29, 0.717) is 5.56 Å². The predicted molar refractivity (Wildman–Crippen MR) is 73.8 cm³/mol. The number of rotatable bonds is 4. The van der Waals surface area contributed by atoms with Gasteiger partial charge in [0, 0.05) is 27.5 Å². The maximum absolute atomic E-state index is 11.3. The van der Waals surface area contributed by atoms with Gasteiger partial charge in [-0.25, -0.2) is 0 Å². The van der Waals surface area contributed by atoms with Gasteiger partial charge in [0.2, 0.25) is 0 Å². The molecule has 0 aliphatic carbocycles. The van der Waals surface area contributed by atoms with Gasteiger partial charge in [-0.2, -0.15) is 0 Å². The first kappa shape index (κ1) is 13.6. The van der Waals surface area contributed by atoms with E-state index in [1.165, 1.54) is 23.9 Å². The third kappa shape index (κ3) is 3.33. The molecule has 2 rings (SSSR count). The lowest BCUT2D eigenvalue weighted by molar-refractivity contribution is -0.384. The van der Waals surface area contributed by atoms with Gasteiger partial charge in [-0.1, -0.05) is 23.9 Å². The highest BCUT2D eigenvalue weighted by atomic mass is 35.5. The summed E-state index contributed by atoms with van der Waals surface area (Å²) in [6.07, 6.45) is 0. The summed E-state index contributed by atoms with van der Waals surface area (Å²) in [5, 5.41) is 10.0. The molecule has 4 nitrogen and oxygen atoms in total. The number of halogens is 1. The van der Waals surface area contributed by atoms with E-state index in [2.05, 4.69) is 0 Å². The zero-order chi connectivity index (χ0) is 13.8. The van der Waals surface area contributed by atoms with Crippen LogP contribution in [-0.4, -0.2) is 10.2 Å². The van der Waals surface area contributed by atoms with Gasteiger partial charge >= 0.3 is 0 Å². The maximum Gasteiger partial charge on any atom is 0.269 e. The Labute approximate surface area is 118 Å². The molecule has 0 aliphatic heterocycles. The Morgan fingerprint density at radius 1 is 1.11 bits per heavy atom. The van der Waals surface area contributed by atoms with Gasteiger partial charge in [-0.3, -0.25) is 14.9 Å². The van der Waals surface area contributed by atoms with E-state index in [4.69, 9.17) is 11.6 Å². The third-order valence-corrected chi connectivity index (χ3v) is 3.66. The number of carbonyl (C=O) groups is 1. The monoisotopic (exact) mass is 293 g/mol. The van der Waals surface area contributed by atoms with Crippen LogP contribution in [0.5, 0.6) is 0 Å². The van der Waals surface area contributed by atoms with Crippen molar-refractivity contribution in [3.05, 3.63) is 64.2 Å². The second kappa shape index (κ2) is 5.86. The summed E-state index contributed by atoms with van der Waals surface area (Å²) < 4.78 is 0. The van der Waals surface area contributed by atoms with Crippen LogP contribution in [0.3, 0.4) is 0 Å². The summed E-state index contributed by atoms with van der Waals surface area (Å²) in [6, 6.07) is 13.1. The second-order valence-electron chi connectivity index (χ2n) is 3.62. The minimum Gasteiger partial charge on any atom is -0.276 e. The summed E-state index contributed by atoms with van der Waals surface area (Å²) in [4.78, 5) is 22.9. The fourth-order valence-electron chi connectivity index (χ4n) is 1.48. The molecular formula is C13H8ClNO3S. The molecule has 0 fully saturated rings. The fourth-order valence-corrected chi connectivity index (χ4v) is 2.65. The van der Waals surface area contributed by atoms with Crippen molar-refractivity contribution in [2.75, 3.05) is 0 Å². The number of nitro benzene ring substituents is 1. The first-order valence-corrected chi connectivity index (χ1v) is 6.48. The normalized spacial score (nSPS) is 10.2. The van der Waals surface area contributed by atoms with Gasteiger partial charge in [0.25, 0.3) is 10.9 Å². The van der Waals surface area contributed by atoms with Crippen LogP contribution in [0.2, 0.25) is 0 Å². The highest BCUT2D eigenvalue weighted by Gasteiger charge is 2.10. The van der Waals surface area contributed by atoms with Gasteiger partial charge in [-0.15, -0.1) is 0 Å². The first-order chi connectivity index (χ1) is 9.08. The van der Waals surface area contributed by atoms with Crippen LogP contribution in [0, 0.1) is 10.1 Å². The van der Waals surface area contributed by atoms with Gasteiger partial charge in [-0.05, 0) is 35.9 Å². The lowest BCUT2D eigenvalue weighted by atomic mass is 10.2. The van der Waals surface area contributed by atoms with Crippen LogP contribution >= 0.6 is 23.4 Å². The Balaban J connectivity index is 2.26. The van der Waals surface area contributed by atoms with Crippen LogP contribution < -0.4 is 0 Å². The molecule has 0 heterocycles. The maximum atomic E-state index is 11.3. The van der Waals surface area contributed by atoms with E-state index in [-0.39, 0.29) is 5.69 Å². The number of hydrogen-bond donors (Lipinski definition) is 0. The van der Waals surface area contributed by atoms with Gasteiger partial charge in [0.15, 0.2) is 0 Å². The van der Waals surface area contributed by atoms with E-state index in [9.17, 15) is 14.9 Å². The van der Waals surface area contributed by atoms with Crippen molar-refractivity contribution < 1.29 is 9.72 Å². The van der Waals surface area contributed by atoms with Gasteiger partial charge in [0.1, 0.15) is 0 Å². The first-order valence-electron chi connectivity index (χ1n) is 5.29. The fraction of sp³-hybridized carbons (Fsp3) is 0. The highest BCUT2D eigenvalue weighted by molar-refractivity contribution is 7.99. The minimum absolute atomic E-state index is 0.0334. The molecule has 6 heteroatoms. The summed E-state index contributed by atoms with van der Waals surface area (Å²) in [7, 11) is 0. The molecule has 0 amide bonds. The Bertz CT molecular complexity index is 628. The Hall–Kier alpha value is -1.85. The number of hydrogen-bond acceptors (Lipinski definition) is 4. The number of nitrogens with zero attached hydrogens (tertiary/aromatic N) is 1. The molecule has 0 radical (unpaired) electrons.